The van der Waals surface area contributed by atoms with Gasteiger partial charge in [-0.05, 0) is 50.2 Å². The fourth-order valence-corrected chi connectivity index (χ4v) is 4.66. The Labute approximate surface area is 152 Å². The Hall–Kier alpha value is -2.56. The fourth-order valence-electron chi connectivity index (χ4n) is 4.66. The van der Waals surface area contributed by atoms with Gasteiger partial charge in [-0.25, -0.2) is 4.98 Å². The second-order valence-electron chi connectivity index (χ2n) is 7.59. The van der Waals surface area contributed by atoms with Crippen LogP contribution in [0.1, 0.15) is 58.9 Å². The average molecular weight is 348 g/mol. The summed E-state index contributed by atoms with van der Waals surface area (Å²) in [6.07, 6.45) is 10.3. The minimum atomic E-state index is 0.164. The fraction of sp³-hybridized carbons (Fsp3) is 0.429. The molecule has 0 radical (unpaired) electrons. The number of aryl methyl sites for hydroxylation is 2. The van der Waals surface area contributed by atoms with Crippen molar-refractivity contribution in [2.24, 2.45) is 0 Å². The van der Waals surface area contributed by atoms with Gasteiger partial charge in [-0.3, -0.25) is 4.79 Å². The van der Waals surface area contributed by atoms with E-state index in [1.807, 2.05) is 23.2 Å². The number of hydrogen-bond donors (Lipinski definition) is 2. The monoisotopic (exact) mass is 348 g/mol. The van der Waals surface area contributed by atoms with Crippen molar-refractivity contribution in [3.8, 4) is 0 Å². The van der Waals surface area contributed by atoms with E-state index in [0.29, 0.717) is 5.92 Å². The number of amides is 1. The highest BCUT2D eigenvalue weighted by Crippen LogP contribution is 2.32. The lowest BCUT2D eigenvalue weighted by molar-refractivity contribution is 0.0714. The number of rotatable bonds is 2. The highest BCUT2D eigenvalue weighted by molar-refractivity contribution is 6.06. The molecule has 1 fully saturated rings. The van der Waals surface area contributed by atoms with Crippen LogP contribution in [-0.4, -0.2) is 38.8 Å². The first-order chi connectivity index (χ1) is 12.8. The van der Waals surface area contributed by atoms with Crippen molar-refractivity contribution in [3.05, 3.63) is 53.2 Å². The van der Waals surface area contributed by atoms with E-state index in [1.165, 1.54) is 35.2 Å². The molecule has 1 saturated heterocycles. The van der Waals surface area contributed by atoms with Gasteiger partial charge in [-0.15, -0.1) is 0 Å². The van der Waals surface area contributed by atoms with E-state index in [9.17, 15) is 4.79 Å². The number of aromatic nitrogens is 3. The summed E-state index contributed by atoms with van der Waals surface area (Å²) in [5.74, 6) is 0.646. The Morgan fingerprint density at radius 1 is 1.15 bits per heavy atom. The maximum Gasteiger partial charge on any atom is 0.255 e. The predicted octanol–water partition coefficient (Wildman–Crippen LogP) is 3.79. The van der Waals surface area contributed by atoms with Crippen LogP contribution >= 0.6 is 0 Å². The van der Waals surface area contributed by atoms with Crippen molar-refractivity contribution >= 4 is 16.8 Å². The molecule has 5 heteroatoms. The number of aromatic amines is 2. The molecule has 1 aliphatic carbocycles. The number of likely N-dealkylation sites (tertiary alicyclic amines) is 1. The Morgan fingerprint density at radius 3 is 2.81 bits per heavy atom. The van der Waals surface area contributed by atoms with E-state index in [-0.39, 0.29) is 5.91 Å². The Morgan fingerprint density at radius 2 is 2.00 bits per heavy atom. The van der Waals surface area contributed by atoms with E-state index >= 15 is 0 Å². The van der Waals surface area contributed by atoms with Crippen molar-refractivity contribution in [1.29, 1.82) is 0 Å². The zero-order valence-electron chi connectivity index (χ0n) is 14.9. The minimum absolute atomic E-state index is 0.164. The van der Waals surface area contributed by atoms with Gasteiger partial charge in [0.05, 0.1) is 17.4 Å². The largest absolute Gasteiger partial charge is 0.358 e. The summed E-state index contributed by atoms with van der Waals surface area (Å²) in [4.78, 5) is 26.1. The summed E-state index contributed by atoms with van der Waals surface area (Å²) >= 11 is 0. The summed E-state index contributed by atoms with van der Waals surface area (Å²) < 4.78 is 0. The van der Waals surface area contributed by atoms with E-state index in [1.54, 1.807) is 6.33 Å². The van der Waals surface area contributed by atoms with E-state index < -0.39 is 0 Å². The van der Waals surface area contributed by atoms with E-state index in [4.69, 9.17) is 0 Å². The number of para-hydroxylation sites is 1. The molecule has 1 aliphatic heterocycles. The first kappa shape index (κ1) is 15.7. The lowest BCUT2D eigenvalue weighted by Crippen LogP contribution is -2.38. The van der Waals surface area contributed by atoms with Crippen LogP contribution in [0.5, 0.6) is 0 Å². The number of imidazole rings is 1. The number of nitrogens with zero attached hydrogens (tertiary/aromatic N) is 2. The molecule has 2 aliphatic rings. The molecule has 26 heavy (non-hydrogen) atoms. The lowest BCUT2D eigenvalue weighted by atomic mass is 9.93. The van der Waals surface area contributed by atoms with Crippen molar-refractivity contribution in [3.63, 3.8) is 0 Å². The summed E-state index contributed by atoms with van der Waals surface area (Å²) in [5, 5.41) is 1.25. The summed E-state index contributed by atoms with van der Waals surface area (Å²) in [5.41, 5.74) is 5.83. The summed E-state index contributed by atoms with van der Waals surface area (Å²) in [6.45, 7) is 1.61. The van der Waals surface area contributed by atoms with Crippen LogP contribution in [0.2, 0.25) is 0 Å². The van der Waals surface area contributed by atoms with Crippen LogP contribution in [0.25, 0.3) is 10.9 Å². The molecule has 2 aromatic heterocycles. The SMILES string of the molecule is O=C(c1cccc2c3c([nH]c12)CCCC3)N1CCC(c2cnc[nH]2)CC1. The Balaban J connectivity index is 1.40. The second-order valence-corrected chi connectivity index (χ2v) is 7.59. The van der Waals surface area contributed by atoms with Gasteiger partial charge in [0.15, 0.2) is 0 Å². The number of fused-ring (bicyclic) bond motifs is 3. The first-order valence-corrected chi connectivity index (χ1v) is 9.71. The van der Waals surface area contributed by atoms with Crippen molar-refractivity contribution < 1.29 is 4.79 Å². The smallest absolute Gasteiger partial charge is 0.255 e. The maximum atomic E-state index is 13.2. The first-order valence-electron chi connectivity index (χ1n) is 9.71. The van der Waals surface area contributed by atoms with Gasteiger partial charge in [-0.1, -0.05) is 12.1 Å². The average Bonchev–Trinajstić information content (AvgIpc) is 3.35. The number of H-pyrrole nitrogens is 2. The molecule has 0 bridgehead atoms. The number of piperidine rings is 1. The summed E-state index contributed by atoms with van der Waals surface area (Å²) in [6, 6.07) is 6.18. The van der Waals surface area contributed by atoms with Crippen LogP contribution in [0, 0.1) is 0 Å². The number of carbonyl (C=O) groups is 1. The highest BCUT2D eigenvalue weighted by Gasteiger charge is 2.27. The topological polar surface area (TPSA) is 64.8 Å². The zero-order valence-corrected chi connectivity index (χ0v) is 14.9. The van der Waals surface area contributed by atoms with Gasteiger partial charge in [0, 0.05) is 42.0 Å². The van der Waals surface area contributed by atoms with Crippen LogP contribution < -0.4 is 0 Å². The quantitative estimate of drug-likeness (QED) is 0.740. The number of nitrogens with one attached hydrogen (secondary N) is 2. The molecule has 0 spiro atoms. The maximum absolute atomic E-state index is 13.2. The van der Waals surface area contributed by atoms with E-state index in [0.717, 1.165) is 49.9 Å². The van der Waals surface area contributed by atoms with Gasteiger partial charge >= 0.3 is 0 Å². The van der Waals surface area contributed by atoms with Crippen LogP contribution in [-0.2, 0) is 12.8 Å². The normalized spacial score (nSPS) is 18.2. The van der Waals surface area contributed by atoms with Crippen LogP contribution in [0.15, 0.2) is 30.7 Å². The molecule has 2 N–H and O–H groups in total. The predicted molar refractivity (Wildman–Crippen MR) is 101 cm³/mol. The molecule has 0 atom stereocenters. The third-order valence-corrected chi connectivity index (χ3v) is 6.11. The zero-order chi connectivity index (χ0) is 17.5. The molecule has 3 heterocycles. The Kier molecular flexibility index (Phi) is 3.80. The number of benzene rings is 1. The van der Waals surface area contributed by atoms with Crippen molar-refractivity contribution in [2.75, 3.05) is 13.1 Å². The van der Waals surface area contributed by atoms with Crippen LogP contribution in [0.3, 0.4) is 0 Å². The van der Waals surface area contributed by atoms with Crippen molar-refractivity contribution in [2.45, 2.75) is 44.4 Å². The van der Waals surface area contributed by atoms with Crippen LogP contribution in [0.4, 0.5) is 0 Å². The molecule has 5 nitrogen and oxygen atoms in total. The third-order valence-electron chi connectivity index (χ3n) is 6.11. The molecule has 1 aromatic carbocycles. The molecule has 1 amide bonds. The molecule has 0 unspecified atom stereocenters. The second kappa shape index (κ2) is 6.31. The van der Waals surface area contributed by atoms with Gasteiger partial charge in [0.25, 0.3) is 5.91 Å². The van der Waals surface area contributed by atoms with Gasteiger partial charge in [0.2, 0.25) is 0 Å². The minimum Gasteiger partial charge on any atom is -0.358 e. The van der Waals surface area contributed by atoms with Gasteiger partial charge < -0.3 is 14.9 Å². The van der Waals surface area contributed by atoms with E-state index in [2.05, 4.69) is 21.0 Å². The molecule has 134 valence electrons. The molecular formula is C21H24N4O. The molecule has 3 aromatic rings. The lowest BCUT2D eigenvalue weighted by Gasteiger charge is -2.31. The molecular weight excluding hydrogens is 324 g/mol. The Bertz CT molecular complexity index is 932. The number of carbonyl (C=O) groups excluding carboxylic acids is 1. The standard InChI is InChI=1S/C21H24N4O/c26-21(25-10-8-14(9-11-25)19-12-22-13-23-19)17-6-3-5-16-15-4-1-2-7-18(15)24-20(16)17/h3,5-6,12-14,24H,1-2,4,7-11H2,(H,22,23). The summed E-state index contributed by atoms with van der Waals surface area (Å²) in [7, 11) is 0. The highest BCUT2D eigenvalue weighted by atomic mass is 16.2. The number of hydrogen-bond acceptors (Lipinski definition) is 2. The molecule has 5 rings (SSSR count). The van der Waals surface area contributed by atoms with Gasteiger partial charge in [-0.2, -0.15) is 0 Å². The van der Waals surface area contributed by atoms with Gasteiger partial charge in [0.1, 0.15) is 0 Å². The molecule has 0 saturated carbocycles. The third kappa shape index (κ3) is 2.54. The van der Waals surface area contributed by atoms with Crippen molar-refractivity contribution in [1.82, 2.24) is 19.9 Å².